The minimum absolute atomic E-state index is 0.218. The van der Waals surface area contributed by atoms with E-state index in [9.17, 15) is 0 Å². The molecule has 0 unspecified atom stereocenters. The van der Waals surface area contributed by atoms with Crippen molar-refractivity contribution >= 4 is 11.6 Å². The molecule has 0 amide bonds. The van der Waals surface area contributed by atoms with E-state index in [0.29, 0.717) is 22.4 Å². The minimum Gasteiger partial charge on any atom is -0.419 e. The van der Waals surface area contributed by atoms with Crippen LogP contribution in [0.2, 0.25) is 5.02 Å². The van der Waals surface area contributed by atoms with E-state index in [1.807, 2.05) is 0 Å². The van der Waals surface area contributed by atoms with Crippen molar-refractivity contribution in [2.75, 3.05) is 0 Å². The van der Waals surface area contributed by atoms with Crippen molar-refractivity contribution in [3.05, 3.63) is 29.4 Å². The van der Waals surface area contributed by atoms with Gasteiger partial charge in [-0.1, -0.05) is 11.6 Å². The van der Waals surface area contributed by atoms with Crippen LogP contribution in [0.4, 0.5) is 0 Å². The van der Waals surface area contributed by atoms with Crippen LogP contribution >= 0.6 is 11.6 Å². The van der Waals surface area contributed by atoms with Crippen LogP contribution in [0.1, 0.15) is 5.89 Å². The van der Waals surface area contributed by atoms with E-state index >= 15 is 0 Å². The minimum atomic E-state index is 0.218. The first-order valence-corrected chi connectivity index (χ1v) is 4.31. The van der Waals surface area contributed by atoms with Crippen molar-refractivity contribution in [3.8, 4) is 11.5 Å². The van der Waals surface area contributed by atoms with Gasteiger partial charge in [0, 0.05) is 12.4 Å². The van der Waals surface area contributed by atoms with Crippen LogP contribution in [0, 0.1) is 0 Å². The van der Waals surface area contributed by atoms with Gasteiger partial charge in [0.1, 0.15) is 0 Å². The lowest BCUT2D eigenvalue weighted by Crippen LogP contribution is -1.95. The van der Waals surface area contributed by atoms with Gasteiger partial charge in [-0.2, -0.15) is 0 Å². The Hall–Kier alpha value is -1.46. The molecule has 0 saturated heterocycles. The molecule has 0 fully saturated rings. The van der Waals surface area contributed by atoms with Crippen molar-refractivity contribution in [2.24, 2.45) is 5.73 Å². The highest BCUT2D eigenvalue weighted by Crippen LogP contribution is 2.24. The second kappa shape index (κ2) is 3.73. The first-order valence-electron chi connectivity index (χ1n) is 3.93. The molecule has 0 bridgehead atoms. The van der Waals surface area contributed by atoms with Crippen molar-refractivity contribution in [1.29, 1.82) is 0 Å². The zero-order valence-electron chi connectivity index (χ0n) is 7.14. The third-order valence-corrected chi connectivity index (χ3v) is 1.95. The molecular formula is C8H7ClN4O. The number of aromatic nitrogens is 3. The fourth-order valence-corrected chi connectivity index (χ4v) is 1.19. The summed E-state index contributed by atoms with van der Waals surface area (Å²) >= 11 is 5.89. The average Bonchev–Trinajstić information content (AvgIpc) is 2.67. The summed E-state index contributed by atoms with van der Waals surface area (Å²) in [5.74, 6) is 0.741. The maximum absolute atomic E-state index is 5.89. The van der Waals surface area contributed by atoms with Crippen molar-refractivity contribution in [2.45, 2.75) is 6.54 Å². The summed E-state index contributed by atoms with van der Waals surface area (Å²) in [5, 5.41) is 8.01. The Kier molecular flexibility index (Phi) is 2.43. The summed E-state index contributed by atoms with van der Waals surface area (Å²) < 4.78 is 5.24. The monoisotopic (exact) mass is 210 g/mol. The maximum Gasteiger partial charge on any atom is 0.249 e. The maximum atomic E-state index is 5.89. The van der Waals surface area contributed by atoms with Gasteiger partial charge >= 0.3 is 0 Å². The Morgan fingerprint density at radius 2 is 2.29 bits per heavy atom. The predicted molar refractivity (Wildman–Crippen MR) is 50.4 cm³/mol. The summed E-state index contributed by atoms with van der Waals surface area (Å²) in [6.45, 7) is 0.218. The molecule has 0 aliphatic rings. The highest BCUT2D eigenvalue weighted by Gasteiger charge is 2.10. The Balaban J connectivity index is 2.44. The fraction of sp³-hybridized carbons (Fsp3) is 0.125. The molecule has 0 aromatic carbocycles. The molecule has 0 atom stereocenters. The molecule has 2 aromatic rings. The summed E-state index contributed by atoms with van der Waals surface area (Å²) in [5.41, 5.74) is 6.00. The largest absolute Gasteiger partial charge is 0.419 e. The molecule has 72 valence electrons. The van der Waals surface area contributed by atoms with E-state index in [2.05, 4.69) is 15.2 Å². The van der Waals surface area contributed by atoms with E-state index in [1.165, 1.54) is 6.20 Å². The quantitative estimate of drug-likeness (QED) is 0.807. The first-order chi connectivity index (χ1) is 6.81. The zero-order chi connectivity index (χ0) is 9.97. The van der Waals surface area contributed by atoms with Crippen LogP contribution in [-0.2, 0) is 6.54 Å². The van der Waals surface area contributed by atoms with Gasteiger partial charge < -0.3 is 10.2 Å². The Bertz CT molecular complexity index is 442. The molecule has 0 spiro atoms. The molecule has 2 rings (SSSR count). The van der Waals surface area contributed by atoms with Crippen LogP contribution in [-0.4, -0.2) is 15.2 Å². The van der Waals surface area contributed by atoms with Gasteiger partial charge in [0.25, 0.3) is 0 Å². The normalized spacial score (nSPS) is 10.4. The van der Waals surface area contributed by atoms with Crippen LogP contribution in [0.15, 0.2) is 22.9 Å². The van der Waals surface area contributed by atoms with Crippen molar-refractivity contribution < 1.29 is 4.42 Å². The molecule has 0 radical (unpaired) electrons. The first kappa shape index (κ1) is 9.11. The molecule has 2 heterocycles. The zero-order valence-corrected chi connectivity index (χ0v) is 7.90. The van der Waals surface area contributed by atoms with Gasteiger partial charge in [-0.3, -0.25) is 4.98 Å². The van der Waals surface area contributed by atoms with Gasteiger partial charge in [0.2, 0.25) is 11.8 Å². The highest BCUT2D eigenvalue weighted by atomic mass is 35.5. The molecule has 0 saturated carbocycles. The fourth-order valence-electron chi connectivity index (χ4n) is 0.994. The number of rotatable bonds is 2. The third-order valence-electron chi connectivity index (χ3n) is 1.64. The van der Waals surface area contributed by atoms with E-state index in [4.69, 9.17) is 21.8 Å². The van der Waals surface area contributed by atoms with Gasteiger partial charge in [-0.25, -0.2) is 0 Å². The van der Waals surface area contributed by atoms with Gasteiger partial charge in [0.05, 0.1) is 17.1 Å². The van der Waals surface area contributed by atoms with E-state index in [-0.39, 0.29) is 6.54 Å². The molecule has 2 N–H and O–H groups in total. The van der Waals surface area contributed by atoms with Crippen molar-refractivity contribution in [3.63, 3.8) is 0 Å². The third kappa shape index (κ3) is 1.59. The summed E-state index contributed by atoms with van der Waals surface area (Å²) in [6, 6.07) is 1.70. The Morgan fingerprint density at radius 3 is 2.93 bits per heavy atom. The van der Waals surface area contributed by atoms with Gasteiger partial charge in [-0.15, -0.1) is 10.2 Å². The summed E-state index contributed by atoms with van der Waals surface area (Å²) in [7, 11) is 0. The average molecular weight is 211 g/mol. The lowest BCUT2D eigenvalue weighted by atomic mass is 10.3. The molecular weight excluding hydrogens is 204 g/mol. The van der Waals surface area contributed by atoms with Crippen LogP contribution in [0.3, 0.4) is 0 Å². The molecule has 14 heavy (non-hydrogen) atoms. The van der Waals surface area contributed by atoms with Crippen LogP contribution < -0.4 is 5.73 Å². The number of hydrogen-bond donors (Lipinski definition) is 1. The Labute approximate surface area is 84.9 Å². The topological polar surface area (TPSA) is 77.8 Å². The SMILES string of the molecule is NCc1nnc(-c2ccncc2Cl)o1. The van der Waals surface area contributed by atoms with Gasteiger partial charge in [0.15, 0.2) is 0 Å². The predicted octanol–water partition coefficient (Wildman–Crippen LogP) is 1.24. The number of halogens is 1. The molecule has 0 aliphatic carbocycles. The van der Waals surface area contributed by atoms with E-state index in [1.54, 1.807) is 12.3 Å². The molecule has 6 heteroatoms. The van der Waals surface area contributed by atoms with Gasteiger partial charge in [-0.05, 0) is 6.07 Å². The summed E-state index contributed by atoms with van der Waals surface area (Å²) in [6.07, 6.45) is 3.12. The number of hydrogen-bond acceptors (Lipinski definition) is 5. The second-order valence-electron chi connectivity index (χ2n) is 2.56. The lowest BCUT2D eigenvalue weighted by molar-refractivity contribution is 0.508. The number of nitrogens with two attached hydrogens (primary N) is 1. The lowest BCUT2D eigenvalue weighted by Gasteiger charge is -1.95. The second-order valence-corrected chi connectivity index (χ2v) is 2.97. The summed E-state index contributed by atoms with van der Waals surface area (Å²) in [4.78, 5) is 3.85. The molecule has 0 aliphatic heterocycles. The Morgan fingerprint density at radius 1 is 1.43 bits per heavy atom. The molecule has 2 aromatic heterocycles. The van der Waals surface area contributed by atoms with Crippen molar-refractivity contribution in [1.82, 2.24) is 15.2 Å². The van der Waals surface area contributed by atoms with E-state index in [0.717, 1.165) is 0 Å². The smallest absolute Gasteiger partial charge is 0.249 e. The van der Waals surface area contributed by atoms with Crippen LogP contribution in [0.5, 0.6) is 0 Å². The highest BCUT2D eigenvalue weighted by molar-refractivity contribution is 6.32. The van der Waals surface area contributed by atoms with E-state index < -0.39 is 0 Å². The van der Waals surface area contributed by atoms with Crippen LogP contribution in [0.25, 0.3) is 11.5 Å². The number of nitrogens with zero attached hydrogens (tertiary/aromatic N) is 3. The number of pyridine rings is 1. The standard InChI is InChI=1S/C8H7ClN4O/c9-6-4-11-2-1-5(6)8-13-12-7(3-10)14-8/h1-2,4H,3,10H2. The molecule has 5 nitrogen and oxygen atoms in total.